The van der Waals surface area contributed by atoms with Crippen LogP contribution in [0.15, 0.2) is 46.8 Å². The fourth-order valence-electron chi connectivity index (χ4n) is 7.11. The lowest BCUT2D eigenvalue weighted by Crippen LogP contribution is -2.53. The molecule has 0 radical (unpaired) electrons. The number of nitrogens with one attached hydrogen (secondary N) is 4. The first-order valence-corrected chi connectivity index (χ1v) is 16.5. The molecular weight excluding hydrogens is 594 g/mol. The molecule has 1 aromatic rings. The van der Waals surface area contributed by atoms with E-state index in [1.165, 1.54) is 0 Å². The van der Waals surface area contributed by atoms with E-state index in [1.807, 2.05) is 45.5 Å². The minimum Gasteiger partial charge on any atom is -0.481 e. The number of aromatic amines is 1. The van der Waals surface area contributed by atoms with Gasteiger partial charge in [-0.25, -0.2) is 0 Å². The predicted octanol–water partition coefficient (Wildman–Crippen LogP) is 2.82. The summed E-state index contributed by atoms with van der Waals surface area (Å²) in [5, 5.41) is 29.0. The van der Waals surface area contributed by atoms with Gasteiger partial charge in [0.2, 0.25) is 5.91 Å². The molecule has 2 saturated heterocycles. The number of hydrogen-bond donors (Lipinski definition) is 7. The highest BCUT2D eigenvalue weighted by Crippen LogP contribution is 2.47. The topological polar surface area (TPSA) is 187 Å². The SMILES string of the molecule is C=CC1=C(C)[C@@H](Cc2[nH]c(CC3=C(CCC(=O)O)C(C)[C@](N)(/C=C4\NC(=O)[C@H](C)[C@H]4[C@@H]4CS4)N3)c(CCC(=O)O)c2C)NC1=O. The summed E-state index contributed by atoms with van der Waals surface area (Å²) in [6.07, 6.45) is 4.84. The van der Waals surface area contributed by atoms with Gasteiger partial charge in [0, 0.05) is 82.8 Å². The van der Waals surface area contributed by atoms with E-state index in [0.717, 1.165) is 50.8 Å². The van der Waals surface area contributed by atoms with E-state index >= 15 is 0 Å². The van der Waals surface area contributed by atoms with Crippen molar-refractivity contribution in [3.63, 3.8) is 0 Å². The van der Waals surface area contributed by atoms with Gasteiger partial charge in [0.1, 0.15) is 5.66 Å². The summed E-state index contributed by atoms with van der Waals surface area (Å²) >= 11 is 1.82. The van der Waals surface area contributed by atoms with Crippen LogP contribution in [0.3, 0.4) is 0 Å². The maximum absolute atomic E-state index is 12.6. The van der Waals surface area contributed by atoms with Gasteiger partial charge in [-0.2, -0.15) is 11.8 Å². The van der Waals surface area contributed by atoms with Gasteiger partial charge in [0.25, 0.3) is 5.91 Å². The predicted molar refractivity (Wildman–Crippen MR) is 172 cm³/mol. The molecular formula is C33H43N5O6S. The smallest absolute Gasteiger partial charge is 0.303 e. The molecule has 4 aliphatic rings. The molecule has 11 nitrogen and oxygen atoms in total. The van der Waals surface area contributed by atoms with Crippen LogP contribution < -0.4 is 21.7 Å². The number of allylic oxidation sites excluding steroid dienone is 2. The quantitative estimate of drug-likeness (QED) is 0.160. The van der Waals surface area contributed by atoms with E-state index in [-0.39, 0.29) is 48.5 Å². The summed E-state index contributed by atoms with van der Waals surface area (Å²) in [6.45, 7) is 11.5. The van der Waals surface area contributed by atoms with Gasteiger partial charge < -0.3 is 36.9 Å². The lowest BCUT2D eigenvalue weighted by Gasteiger charge is -2.30. The van der Waals surface area contributed by atoms with E-state index < -0.39 is 17.6 Å². The molecule has 0 bridgehead atoms. The second kappa shape index (κ2) is 12.6. The molecule has 8 N–H and O–H groups in total. The molecule has 0 aliphatic carbocycles. The Hall–Kier alpha value is -3.77. The molecule has 1 unspecified atom stereocenters. The normalized spacial score (nSPS) is 30.2. The molecule has 5 rings (SSSR count). The van der Waals surface area contributed by atoms with Gasteiger partial charge in [0.15, 0.2) is 0 Å². The zero-order chi connectivity index (χ0) is 32.8. The Kier molecular flexibility index (Phi) is 9.10. The lowest BCUT2D eigenvalue weighted by molar-refractivity contribution is -0.138. The minimum absolute atomic E-state index is 0.0199. The van der Waals surface area contributed by atoms with Crippen molar-refractivity contribution in [3.05, 3.63) is 69.4 Å². The molecule has 2 fully saturated rings. The van der Waals surface area contributed by atoms with Crippen molar-refractivity contribution in [1.82, 2.24) is 20.9 Å². The Labute approximate surface area is 267 Å². The van der Waals surface area contributed by atoms with Gasteiger partial charge in [0.05, 0.1) is 6.04 Å². The van der Waals surface area contributed by atoms with Crippen LogP contribution in [-0.2, 0) is 38.4 Å². The number of amides is 2. The second-order valence-electron chi connectivity index (χ2n) is 12.7. The first-order valence-electron chi connectivity index (χ1n) is 15.4. The van der Waals surface area contributed by atoms with Crippen LogP contribution in [0.2, 0.25) is 0 Å². The van der Waals surface area contributed by atoms with Gasteiger partial charge in [-0.15, -0.1) is 0 Å². The van der Waals surface area contributed by atoms with Crippen LogP contribution in [0.1, 0.15) is 62.5 Å². The van der Waals surface area contributed by atoms with Crippen molar-refractivity contribution in [2.45, 2.75) is 83.2 Å². The summed E-state index contributed by atoms with van der Waals surface area (Å²) in [5.41, 5.74) is 13.5. The Bertz CT molecular complexity index is 1550. The number of carboxylic acids is 2. The Morgan fingerprint density at radius 1 is 1.11 bits per heavy atom. The Morgan fingerprint density at radius 2 is 1.78 bits per heavy atom. The van der Waals surface area contributed by atoms with Gasteiger partial charge in [-0.3, -0.25) is 19.2 Å². The molecule has 6 atom stereocenters. The third-order valence-electron chi connectivity index (χ3n) is 9.96. The molecule has 45 heavy (non-hydrogen) atoms. The largest absolute Gasteiger partial charge is 0.481 e. The van der Waals surface area contributed by atoms with E-state index in [9.17, 15) is 29.4 Å². The van der Waals surface area contributed by atoms with Crippen molar-refractivity contribution in [1.29, 1.82) is 0 Å². The maximum atomic E-state index is 12.6. The minimum atomic E-state index is -1.06. The summed E-state index contributed by atoms with van der Waals surface area (Å²) in [4.78, 5) is 51.8. The van der Waals surface area contributed by atoms with Crippen molar-refractivity contribution in [3.8, 4) is 0 Å². The fourth-order valence-corrected chi connectivity index (χ4v) is 8.02. The van der Waals surface area contributed by atoms with E-state index in [2.05, 4.69) is 27.5 Å². The number of aromatic nitrogens is 1. The highest BCUT2D eigenvalue weighted by Gasteiger charge is 2.48. The number of hydrogen-bond acceptors (Lipinski definition) is 7. The summed E-state index contributed by atoms with van der Waals surface area (Å²) in [5.74, 6) is -1.37. The third-order valence-corrected chi connectivity index (χ3v) is 11.0. The fraction of sp³-hybridized carbons (Fsp3) is 0.515. The molecule has 0 aromatic carbocycles. The monoisotopic (exact) mass is 637 g/mol. The van der Waals surface area contributed by atoms with E-state index in [4.69, 9.17) is 5.73 Å². The van der Waals surface area contributed by atoms with Crippen molar-refractivity contribution >= 4 is 35.5 Å². The third kappa shape index (κ3) is 6.48. The Morgan fingerprint density at radius 3 is 2.38 bits per heavy atom. The Balaban J connectivity index is 1.48. The lowest BCUT2D eigenvalue weighted by atomic mass is 9.85. The first-order chi connectivity index (χ1) is 21.2. The average molecular weight is 638 g/mol. The number of carbonyl (C=O) groups is 4. The second-order valence-corrected chi connectivity index (χ2v) is 14.0. The van der Waals surface area contributed by atoms with E-state index in [0.29, 0.717) is 36.5 Å². The average Bonchev–Trinajstić information content (AvgIpc) is 3.57. The standard InChI is InChI=1S/C33H43N5O6S/c1-6-19-15(2)23(36-32(19)44)11-22-16(3)20(7-9-28(39)40)24(35-22)12-25-21(8-10-29(41)42)18(5)33(34,38-25)13-26-30(27-14-45-27)17(4)31(43)37-26/h6,13,17-18,23,27,30,35,38H,1,7-12,14,34H2,2-5H3,(H,36,44)(H,37,43)(H,39,40)(H,41,42)/b26-13-/t17-,18?,23-,27+,30-,33+/m1/s1. The zero-order valence-corrected chi connectivity index (χ0v) is 27.0. The zero-order valence-electron chi connectivity index (χ0n) is 26.2. The summed E-state index contributed by atoms with van der Waals surface area (Å²) in [6, 6.07) is -0.220. The highest BCUT2D eigenvalue weighted by molar-refractivity contribution is 8.06. The summed E-state index contributed by atoms with van der Waals surface area (Å²) < 4.78 is 0. The summed E-state index contributed by atoms with van der Waals surface area (Å²) in [7, 11) is 0. The molecule has 12 heteroatoms. The highest BCUT2D eigenvalue weighted by atomic mass is 32.2. The molecule has 242 valence electrons. The molecule has 0 spiro atoms. The van der Waals surface area contributed by atoms with Crippen LogP contribution in [0.25, 0.3) is 0 Å². The number of nitrogens with two attached hydrogens (primary N) is 1. The molecule has 5 heterocycles. The van der Waals surface area contributed by atoms with Crippen LogP contribution in [0.4, 0.5) is 0 Å². The van der Waals surface area contributed by atoms with Crippen molar-refractivity contribution < 1.29 is 29.4 Å². The first kappa shape index (κ1) is 32.6. The van der Waals surface area contributed by atoms with Crippen molar-refractivity contribution in [2.24, 2.45) is 23.5 Å². The molecule has 2 amide bonds. The van der Waals surface area contributed by atoms with Gasteiger partial charge >= 0.3 is 11.9 Å². The number of aliphatic carboxylic acids is 2. The van der Waals surface area contributed by atoms with Crippen LogP contribution in [0.5, 0.6) is 0 Å². The number of thioether (sulfide) groups is 1. The van der Waals surface area contributed by atoms with E-state index in [1.54, 1.807) is 6.08 Å². The molecule has 1 aromatic heterocycles. The van der Waals surface area contributed by atoms with Gasteiger partial charge in [-0.05, 0) is 55.0 Å². The van der Waals surface area contributed by atoms with Gasteiger partial charge in [-0.1, -0.05) is 26.5 Å². The van der Waals surface area contributed by atoms with Crippen molar-refractivity contribution in [2.75, 3.05) is 5.75 Å². The molecule has 4 aliphatic heterocycles. The number of rotatable bonds is 13. The molecule has 0 saturated carbocycles. The van der Waals surface area contributed by atoms with Crippen LogP contribution in [0, 0.1) is 24.7 Å². The van der Waals surface area contributed by atoms with Crippen LogP contribution >= 0.6 is 11.8 Å². The number of carboxylic acid groups (broad SMARTS) is 2. The van der Waals surface area contributed by atoms with Crippen LogP contribution in [-0.4, -0.2) is 61.7 Å². The number of H-pyrrole nitrogens is 1. The maximum Gasteiger partial charge on any atom is 0.303 e. The number of carbonyl (C=O) groups excluding carboxylic acids is 2.